The van der Waals surface area contributed by atoms with Crippen LogP contribution in [0.15, 0.2) is 23.2 Å². The number of aryl methyl sites for hydroxylation is 1. The molecule has 0 aromatic heterocycles. The van der Waals surface area contributed by atoms with Crippen molar-refractivity contribution in [2.24, 2.45) is 4.99 Å². The van der Waals surface area contributed by atoms with Gasteiger partial charge in [-0.2, -0.15) is 11.8 Å². The van der Waals surface area contributed by atoms with Crippen LogP contribution in [0, 0.1) is 0 Å². The maximum absolute atomic E-state index is 5.32. The number of hydrogen-bond donors (Lipinski definition) is 2. The molecule has 1 aromatic rings. The van der Waals surface area contributed by atoms with E-state index in [-0.39, 0.29) is 0 Å². The minimum atomic E-state index is 0.766. The van der Waals surface area contributed by atoms with E-state index in [1.807, 2.05) is 23.9 Å². The average molecular weight is 325 g/mol. The zero-order chi connectivity index (χ0) is 16.2. The highest BCUT2D eigenvalue weighted by atomic mass is 32.2. The van der Waals surface area contributed by atoms with Crippen molar-refractivity contribution in [3.05, 3.63) is 23.8 Å². The number of nitrogens with zero attached hydrogens (tertiary/aromatic N) is 1. The molecule has 5 nitrogen and oxygen atoms in total. The van der Waals surface area contributed by atoms with Crippen molar-refractivity contribution in [2.45, 2.75) is 12.8 Å². The summed E-state index contributed by atoms with van der Waals surface area (Å²) < 4.78 is 10.6. The summed E-state index contributed by atoms with van der Waals surface area (Å²) in [5, 5.41) is 6.61. The number of methoxy groups -OCH3 is 2. The molecule has 0 unspecified atom stereocenters. The van der Waals surface area contributed by atoms with Crippen molar-refractivity contribution in [3.63, 3.8) is 0 Å². The summed E-state index contributed by atoms with van der Waals surface area (Å²) in [6.45, 7) is 1.81. The van der Waals surface area contributed by atoms with E-state index in [0.29, 0.717) is 0 Å². The number of ether oxygens (including phenoxy) is 2. The van der Waals surface area contributed by atoms with E-state index in [9.17, 15) is 0 Å². The standard InChI is InChI=1S/C16H27N3O2S/c1-17-16(19-10-11-22-4)18-9-5-6-13-7-8-14(20-2)15(12-13)21-3/h7-8,12H,5-6,9-11H2,1-4H3,(H2,17,18,19). The van der Waals surface area contributed by atoms with E-state index in [2.05, 4.69) is 27.9 Å². The molecule has 0 aliphatic heterocycles. The van der Waals surface area contributed by atoms with Crippen molar-refractivity contribution >= 4 is 17.7 Å². The predicted octanol–water partition coefficient (Wildman–Crippen LogP) is 2.16. The lowest BCUT2D eigenvalue weighted by Crippen LogP contribution is -2.38. The molecule has 2 N–H and O–H groups in total. The lowest BCUT2D eigenvalue weighted by Gasteiger charge is -2.12. The Morgan fingerprint density at radius 1 is 1.14 bits per heavy atom. The van der Waals surface area contributed by atoms with Gasteiger partial charge in [0.1, 0.15) is 0 Å². The van der Waals surface area contributed by atoms with Crippen molar-refractivity contribution in [2.75, 3.05) is 46.4 Å². The Labute approximate surface area is 137 Å². The third kappa shape index (κ3) is 6.47. The van der Waals surface area contributed by atoms with Crippen LogP contribution in [0.1, 0.15) is 12.0 Å². The smallest absolute Gasteiger partial charge is 0.191 e. The van der Waals surface area contributed by atoms with Crippen LogP contribution in [0.2, 0.25) is 0 Å². The van der Waals surface area contributed by atoms with Gasteiger partial charge in [0.15, 0.2) is 17.5 Å². The van der Waals surface area contributed by atoms with Gasteiger partial charge in [0.25, 0.3) is 0 Å². The summed E-state index contributed by atoms with van der Waals surface area (Å²) >= 11 is 1.82. The lowest BCUT2D eigenvalue weighted by molar-refractivity contribution is 0.354. The lowest BCUT2D eigenvalue weighted by atomic mass is 10.1. The maximum atomic E-state index is 5.32. The van der Waals surface area contributed by atoms with E-state index in [0.717, 1.165) is 49.1 Å². The molecule has 6 heteroatoms. The predicted molar refractivity (Wildman–Crippen MR) is 95.6 cm³/mol. The van der Waals surface area contributed by atoms with E-state index in [1.165, 1.54) is 5.56 Å². The highest BCUT2D eigenvalue weighted by molar-refractivity contribution is 7.98. The molecule has 0 aliphatic carbocycles. The summed E-state index contributed by atoms with van der Waals surface area (Å²) in [7, 11) is 5.10. The van der Waals surface area contributed by atoms with Gasteiger partial charge in [-0.25, -0.2) is 0 Å². The molecule has 1 rings (SSSR count). The first-order chi connectivity index (χ1) is 10.7. The van der Waals surface area contributed by atoms with Crippen LogP contribution in [-0.4, -0.2) is 52.3 Å². The Kier molecular flexibility index (Phi) is 9.30. The Morgan fingerprint density at radius 2 is 1.86 bits per heavy atom. The van der Waals surface area contributed by atoms with Crippen LogP contribution in [-0.2, 0) is 6.42 Å². The summed E-state index contributed by atoms with van der Waals surface area (Å²) in [6, 6.07) is 6.06. The van der Waals surface area contributed by atoms with Crippen molar-refractivity contribution in [1.29, 1.82) is 0 Å². The normalized spacial score (nSPS) is 11.2. The Morgan fingerprint density at radius 3 is 2.50 bits per heavy atom. The van der Waals surface area contributed by atoms with Gasteiger partial charge >= 0.3 is 0 Å². The van der Waals surface area contributed by atoms with E-state index < -0.39 is 0 Å². The summed E-state index contributed by atoms with van der Waals surface area (Å²) in [5.74, 6) is 3.48. The number of rotatable bonds is 9. The van der Waals surface area contributed by atoms with Gasteiger partial charge < -0.3 is 20.1 Å². The van der Waals surface area contributed by atoms with Gasteiger partial charge in [0.05, 0.1) is 14.2 Å². The second kappa shape index (κ2) is 11.1. The average Bonchev–Trinajstić information content (AvgIpc) is 2.56. The number of aliphatic imine (C=N–C) groups is 1. The SMILES string of the molecule is CN=C(NCCCc1ccc(OC)c(OC)c1)NCCSC. The fourth-order valence-electron chi connectivity index (χ4n) is 2.03. The zero-order valence-electron chi connectivity index (χ0n) is 13.9. The Balaban J connectivity index is 2.34. The van der Waals surface area contributed by atoms with Crippen molar-refractivity contribution < 1.29 is 9.47 Å². The van der Waals surface area contributed by atoms with Crippen LogP contribution in [0.25, 0.3) is 0 Å². The number of nitrogens with one attached hydrogen (secondary N) is 2. The van der Waals surface area contributed by atoms with E-state index in [4.69, 9.17) is 9.47 Å². The number of hydrogen-bond acceptors (Lipinski definition) is 4. The highest BCUT2D eigenvalue weighted by Gasteiger charge is 2.04. The molecule has 124 valence electrons. The van der Waals surface area contributed by atoms with Gasteiger partial charge in [0.2, 0.25) is 0 Å². The molecule has 22 heavy (non-hydrogen) atoms. The molecule has 0 aliphatic rings. The molecular weight excluding hydrogens is 298 g/mol. The minimum Gasteiger partial charge on any atom is -0.493 e. The molecular formula is C16H27N3O2S. The summed E-state index contributed by atoms with van der Waals surface area (Å²) in [6.07, 6.45) is 4.11. The van der Waals surface area contributed by atoms with Gasteiger partial charge in [-0.1, -0.05) is 6.07 Å². The number of thioether (sulfide) groups is 1. The molecule has 0 heterocycles. The minimum absolute atomic E-state index is 0.766. The van der Waals surface area contributed by atoms with E-state index in [1.54, 1.807) is 21.3 Å². The topological polar surface area (TPSA) is 54.9 Å². The molecule has 0 bridgehead atoms. The van der Waals surface area contributed by atoms with Gasteiger partial charge in [-0.3, -0.25) is 4.99 Å². The Bertz CT molecular complexity index is 467. The van der Waals surface area contributed by atoms with Crippen LogP contribution >= 0.6 is 11.8 Å². The van der Waals surface area contributed by atoms with Crippen LogP contribution in [0.5, 0.6) is 11.5 Å². The molecule has 0 saturated carbocycles. The quantitative estimate of drug-likeness (QED) is 0.414. The third-order valence-electron chi connectivity index (χ3n) is 3.20. The largest absolute Gasteiger partial charge is 0.493 e. The molecule has 0 amide bonds. The first-order valence-corrected chi connectivity index (χ1v) is 8.79. The van der Waals surface area contributed by atoms with Crippen molar-refractivity contribution in [1.82, 2.24) is 10.6 Å². The van der Waals surface area contributed by atoms with E-state index >= 15 is 0 Å². The van der Waals surface area contributed by atoms with Gasteiger partial charge in [-0.05, 0) is 36.8 Å². The highest BCUT2D eigenvalue weighted by Crippen LogP contribution is 2.27. The summed E-state index contributed by atoms with van der Waals surface area (Å²) in [5.41, 5.74) is 1.24. The second-order valence-electron chi connectivity index (χ2n) is 4.71. The fourth-order valence-corrected chi connectivity index (χ4v) is 2.33. The molecule has 0 spiro atoms. The molecule has 0 saturated heterocycles. The second-order valence-corrected chi connectivity index (χ2v) is 5.70. The Hall–Kier alpha value is -1.56. The van der Waals surface area contributed by atoms with Crippen LogP contribution in [0.3, 0.4) is 0 Å². The van der Waals surface area contributed by atoms with Crippen LogP contribution < -0.4 is 20.1 Å². The number of guanidine groups is 1. The van der Waals surface area contributed by atoms with Gasteiger partial charge in [-0.15, -0.1) is 0 Å². The molecule has 1 aromatic carbocycles. The molecule has 0 radical (unpaired) electrons. The first kappa shape index (κ1) is 18.5. The molecule has 0 atom stereocenters. The third-order valence-corrected chi connectivity index (χ3v) is 3.82. The van der Waals surface area contributed by atoms with Crippen molar-refractivity contribution in [3.8, 4) is 11.5 Å². The van der Waals surface area contributed by atoms with Crippen LogP contribution in [0.4, 0.5) is 0 Å². The first-order valence-electron chi connectivity index (χ1n) is 7.39. The fraction of sp³-hybridized carbons (Fsp3) is 0.562. The maximum Gasteiger partial charge on any atom is 0.191 e. The monoisotopic (exact) mass is 325 g/mol. The zero-order valence-corrected chi connectivity index (χ0v) is 14.8. The number of benzene rings is 1. The van der Waals surface area contributed by atoms with Gasteiger partial charge in [0, 0.05) is 25.9 Å². The molecule has 0 fully saturated rings. The summed E-state index contributed by atoms with van der Waals surface area (Å²) in [4.78, 5) is 4.20.